The molecular weight excluding hydrogens is 322 g/mol. The van der Waals surface area contributed by atoms with Gasteiger partial charge in [0.15, 0.2) is 0 Å². The highest BCUT2D eigenvalue weighted by molar-refractivity contribution is 5.79. The molecule has 0 saturated carbocycles. The number of hydrogen-bond donors (Lipinski definition) is 2. The van der Waals surface area contributed by atoms with Crippen LogP contribution in [0, 0.1) is 23.2 Å². The molecule has 2 atom stereocenters. The fourth-order valence-corrected chi connectivity index (χ4v) is 2.77. The Labute approximate surface area is 159 Å². The zero-order valence-electron chi connectivity index (χ0n) is 17.6. The van der Waals surface area contributed by atoms with Crippen molar-refractivity contribution >= 4 is 5.91 Å². The topological polar surface area (TPSA) is 64.9 Å². The van der Waals surface area contributed by atoms with Gasteiger partial charge in [-0.1, -0.05) is 72.7 Å². The highest BCUT2D eigenvalue weighted by Gasteiger charge is 2.30. The van der Waals surface area contributed by atoms with Crippen LogP contribution in [0.2, 0.25) is 0 Å². The fraction of sp³-hybridized carbons (Fsp3) is 0.636. The van der Waals surface area contributed by atoms with E-state index >= 15 is 0 Å². The first kappa shape index (κ1) is 22.2. The minimum absolute atomic E-state index is 0.0438. The van der Waals surface area contributed by atoms with Crippen LogP contribution in [-0.4, -0.2) is 18.0 Å². The molecule has 0 aliphatic rings. The molecule has 0 heterocycles. The first-order valence-electron chi connectivity index (χ1n) is 9.46. The molecule has 0 aromatic heterocycles. The summed E-state index contributed by atoms with van der Waals surface area (Å²) in [6.07, 6.45) is 0. The van der Waals surface area contributed by atoms with E-state index in [4.69, 9.17) is 0 Å². The van der Waals surface area contributed by atoms with Crippen LogP contribution in [0.4, 0.5) is 0 Å². The second kappa shape index (κ2) is 8.68. The minimum atomic E-state index is -0.847. The van der Waals surface area contributed by atoms with E-state index in [0.29, 0.717) is 5.92 Å². The Morgan fingerprint density at radius 1 is 1.08 bits per heavy atom. The maximum atomic E-state index is 12.3. The van der Waals surface area contributed by atoms with Gasteiger partial charge in [-0.2, -0.15) is 5.26 Å². The molecule has 1 amide bonds. The van der Waals surface area contributed by atoms with E-state index in [9.17, 15) is 10.1 Å². The quantitative estimate of drug-likeness (QED) is 0.763. The molecule has 1 aromatic carbocycles. The monoisotopic (exact) mass is 357 g/mol. The average Bonchev–Trinajstić information content (AvgIpc) is 2.54. The van der Waals surface area contributed by atoms with Gasteiger partial charge in [0.25, 0.3) is 0 Å². The van der Waals surface area contributed by atoms with Crippen LogP contribution in [0.15, 0.2) is 24.3 Å². The maximum absolute atomic E-state index is 12.3. The molecule has 2 N–H and O–H groups in total. The van der Waals surface area contributed by atoms with Crippen molar-refractivity contribution < 1.29 is 4.79 Å². The van der Waals surface area contributed by atoms with Gasteiger partial charge in [-0.05, 0) is 35.3 Å². The summed E-state index contributed by atoms with van der Waals surface area (Å²) in [5, 5.41) is 15.6. The zero-order valence-corrected chi connectivity index (χ0v) is 17.6. The van der Waals surface area contributed by atoms with Crippen molar-refractivity contribution in [3.05, 3.63) is 35.4 Å². The predicted octanol–water partition coefficient (Wildman–Crippen LogP) is 4.33. The van der Waals surface area contributed by atoms with Gasteiger partial charge >= 0.3 is 0 Å². The Hall–Kier alpha value is -1.86. The van der Waals surface area contributed by atoms with E-state index < -0.39 is 5.54 Å². The second-order valence-electron chi connectivity index (χ2n) is 8.99. The van der Waals surface area contributed by atoms with E-state index in [-0.39, 0.29) is 29.8 Å². The Bertz CT molecular complexity index is 635. The van der Waals surface area contributed by atoms with Gasteiger partial charge in [0.1, 0.15) is 5.54 Å². The normalized spacial score (nSPS) is 15.4. The van der Waals surface area contributed by atoms with Crippen molar-refractivity contribution in [1.29, 1.82) is 5.26 Å². The van der Waals surface area contributed by atoms with E-state index in [0.717, 1.165) is 0 Å². The molecule has 0 aliphatic carbocycles. The summed E-state index contributed by atoms with van der Waals surface area (Å²) in [7, 11) is 0. The van der Waals surface area contributed by atoms with Crippen LogP contribution >= 0.6 is 0 Å². The summed E-state index contributed by atoms with van der Waals surface area (Å²) in [6.45, 7) is 16.7. The van der Waals surface area contributed by atoms with Crippen LogP contribution in [0.25, 0.3) is 0 Å². The van der Waals surface area contributed by atoms with Gasteiger partial charge in [0, 0.05) is 6.04 Å². The summed E-state index contributed by atoms with van der Waals surface area (Å²) in [4.78, 5) is 12.3. The zero-order chi connectivity index (χ0) is 20.1. The SMILES string of the molecule is CC(C)[C@@H](NCC(=O)N[C@](C)(C#N)C(C)C)c1ccc(C(C)(C)C)cc1. The average molecular weight is 358 g/mol. The molecule has 1 aromatic rings. The van der Waals surface area contributed by atoms with E-state index in [1.54, 1.807) is 6.92 Å². The number of nitrogens with zero attached hydrogens (tertiary/aromatic N) is 1. The van der Waals surface area contributed by atoms with Gasteiger partial charge in [-0.3, -0.25) is 4.79 Å². The molecule has 0 fully saturated rings. The van der Waals surface area contributed by atoms with Crippen molar-refractivity contribution in [1.82, 2.24) is 10.6 Å². The molecule has 0 spiro atoms. The van der Waals surface area contributed by atoms with Gasteiger partial charge in [0.05, 0.1) is 12.6 Å². The Balaban J connectivity index is 2.81. The van der Waals surface area contributed by atoms with Crippen molar-refractivity contribution in [2.24, 2.45) is 11.8 Å². The lowest BCUT2D eigenvalue weighted by molar-refractivity contribution is -0.122. The molecule has 4 heteroatoms. The Kier molecular flexibility index (Phi) is 7.41. The highest BCUT2D eigenvalue weighted by Crippen LogP contribution is 2.26. The van der Waals surface area contributed by atoms with E-state index in [1.165, 1.54) is 11.1 Å². The van der Waals surface area contributed by atoms with Crippen LogP contribution in [0.1, 0.15) is 72.6 Å². The first-order chi connectivity index (χ1) is 11.9. The molecule has 144 valence electrons. The highest BCUT2D eigenvalue weighted by atomic mass is 16.2. The number of carbonyl (C=O) groups excluding carboxylic acids is 1. The summed E-state index contributed by atoms with van der Waals surface area (Å²) < 4.78 is 0. The van der Waals surface area contributed by atoms with Crippen molar-refractivity contribution in [2.45, 2.75) is 72.4 Å². The van der Waals surface area contributed by atoms with Crippen molar-refractivity contribution in [3.63, 3.8) is 0 Å². The Morgan fingerprint density at radius 2 is 1.62 bits per heavy atom. The summed E-state index contributed by atoms with van der Waals surface area (Å²) in [6, 6.07) is 10.9. The van der Waals surface area contributed by atoms with E-state index in [1.807, 2.05) is 13.8 Å². The molecule has 0 saturated heterocycles. The van der Waals surface area contributed by atoms with Crippen molar-refractivity contribution in [2.75, 3.05) is 6.54 Å². The lowest BCUT2D eigenvalue weighted by atomic mass is 9.85. The number of hydrogen-bond acceptors (Lipinski definition) is 3. The molecule has 0 bridgehead atoms. The number of amides is 1. The van der Waals surface area contributed by atoms with Gasteiger partial charge < -0.3 is 10.6 Å². The minimum Gasteiger partial charge on any atom is -0.337 e. The summed E-state index contributed by atoms with van der Waals surface area (Å²) >= 11 is 0. The van der Waals surface area contributed by atoms with Crippen LogP contribution < -0.4 is 10.6 Å². The maximum Gasteiger partial charge on any atom is 0.235 e. The lowest BCUT2D eigenvalue weighted by Gasteiger charge is -2.29. The molecular formula is C22H35N3O. The lowest BCUT2D eigenvalue weighted by Crippen LogP contribution is -2.51. The molecule has 1 rings (SSSR count). The molecule has 0 radical (unpaired) electrons. The standard InChI is InChI=1S/C22H35N3O/c1-15(2)20(17-9-11-18(12-10-17)21(5,6)7)24-13-19(26)25-22(8,14-23)16(3)4/h9-12,15-16,20,24H,13H2,1-8H3,(H,25,26)/t20-,22-/m1/s1. The summed E-state index contributed by atoms with van der Waals surface area (Å²) in [5.41, 5.74) is 1.74. The third-order valence-electron chi connectivity index (χ3n) is 5.07. The Morgan fingerprint density at radius 3 is 2.00 bits per heavy atom. The number of benzene rings is 1. The number of nitrogens with one attached hydrogen (secondary N) is 2. The number of nitriles is 1. The number of carbonyl (C=O) groups is 1. The molecule has 4 nitrogen and oxygen atoms in total. The van der Waals surface area contributed by atoms with Crippen molar-refractivity contribution in [3.8, 4) is 6.07 Å². The molecule has 0 unspecified atom stereocenters. The first-order valence-corrected chi connectivity index (χ1v) is 9.46. The molecule has 0 aliphatic heterocycles. The smallest absolute Gasteiger partial charge is 0.235 e. The third-order valence-corrected chi connectivity index (χ3v) is 5.07. The van der Waals surface area contributed by atoms with Crippen LogP contribution in [0.3, 0.4) is 0 Å². The summed E-state index contributed by atoms with van der Waals surface area (Å²) in [5.74, 6) is 0.234. The van der Waals surface area contributed by atoms with Crippen LogP contribution in [0.5, 0.6) is 0 Å². The fourth-order valence-electron chi connectivity index (χ4n) is 2.77. The van der Waals surface area contributed by atoms with Crippen LogP contribution in [-0.2, 0) is 10.2 Å². The predicted molar refractivity (Wildman–Crippen MR) is 108 cm³/mol. The van der Waals surface area contributed by atoms with Gasteiger partial charge in [0.2, 0.25) is 5.91 Å². The van der Waals surface area contributed by atoms with E-state index in [2.05, 4.69) is 75.6 Å². The largest absolute Gasteiger partial charge is 0.337 e. The van der Waals surface area contributed by atoms with Gasteiger partial charge in [-0.15, -0.1) is 0 Å². The number of rotatable bonds is 7. The second-order valence-corrected chi connectivity index (χ2v) is 8.99. The van der Waals surface area contributed by atoms with Gasteiger partial charge in [-0.25, -0.2) is 0 Å². The molecule has 26 heavy (non-hydrogen) atoms. The third kappa shape index (κ3) is 5.85.